The number of carbonyl (C=O) groups excluding carboxylic acids is 1. The molecule has 1 amide bonds. The van der Waals surface area contributed by atoms with Gasteiger partial charge in [-0.15, -0.1) is 0 Å². The minimum atomic E-state index is -0.178. The van der Waals surface area contributed by atoms with Crippen LogP contribution in [0.2, 0.25) is 0 Å². The number of ether oxygens (including phenoxy) is 1. The van der Waals surface area contributed by atoms with E-state index in [4.69, 9.17) is 4.74 Å². The summed E-state index contributed by atoms with van der Waals surface area (Å²) in [5.41, 5.74) is 3.78. The van der Waals surface area contributed by atoms with E-state index < -0.39 is 0 Å². The first-order valence-corrected chi connectivity index (χ1v) is 10.4. The highest BCUT2D eigenvalue weighted by atomic mass is 16.5. The van der Waals surface area contributed by atoms with Crippen LogP contribution in [0.3, 0.4) is 0 Å². The first kappa shape index (κ1) is 20.2. The van der Waals surface area contributed by atoms with Gasteiger partial charge in [-0.05, 0) is 37.1 Å². The van der Waals surface area contributed by atoms with Crippen LogP contribution in [0.4, 0.5) is 0 Å². The van der Waals surface area contributed by atoms with Crippen molar-refractivity contribution in [3.05, 3.63) is 83.2 Å². The fourth-order valence-electron chi connectivity index (χ4n) is 4.00. The molecule has 156 valence electrons. The average Bonchev–Trinajstić information content (AvgIpc) is 3.47. The standard InChI is InChI=1S/C24H28N4O2/c1-30-23-10-6-5-9-19(23)16-25-24(29)22-15-21(26-27-22)20-12-14-28(17-20)13-11-18-7-3-2-4-8-18/h2-10,15,20H,11-14,16-17H2,1H3,(H,25,29)(H,26,27). The Kier molecular flexibility index (Phi) is 6.44. The van der Waals surface area contributed by atoms with E-state index in [2.05, 4.69) is 50.7 Å². The van der Waals surface area contributed by atoms with Gasteiger partial charge < -0.3 is 15.0 Å². The number of hydrogen-bond donors (Lipinski definition) is 2. The van der Waals surface area contributed by atoms with E-state index in [0.717, 1.165) is 49.5 Å². The number of likely N-dealkylation sites (tertiary alicyclic amines) is 1. The zero-order valence-corrected chi connectivity index (χ0v) is 17.3. The molecule has 2 N–H and O–H groups in total. The molecule has 1 atom stereocenters. The molecule has 2 heterocycles. The van der Waals surface area contributed by atoms with E-state index in [9.17, 15) is 4.79 Å². The number of amides is 1. The summed E-state index contributed by atoms with van der Waals surface area (Å²) in [5.74, 6) is 0.980. The molecule has 0 spiro atoms. The highest BCUT2D eigenvalue weighted by molar-refractivity contribution is 5.92. The lowest BCUT2D eigenvalue weighted by atomic mass is 10.0. The maximum Gasteiger partial charge on any atom is 0.272 e. The Balaban J connectivity index is 1.29. The molecule has 1 saturated heterocycles. The van der Waals surface area contributed by atoms with E-state index in [0.29, 0.717) is 18.2 Å². The molecule has 0 saturated carbocycles. The molecule has 6 heteroatoms. The van der Waals surface area contributed by atoms with E-state index in [1.165, 1.54) is 5.56 Å². The van der Waals surface area contributed by atoms with Gasteiger partial charge in [0.05, 0.1) is 7.11 Å². The molecule has 0 bridgehead atoms. The van der Waals surface area contributed by atoms with Crippen LogP contribution in [0.1, 0.15) is 39.6 Å². The third kappa shape index (κ3) is 4.89. The molecule has 1 fully saturated rings. The molecular formula is C24H28N4O2. The molecule has 3 aromatic rings. The quantitative estimate of drug-likeness (QED) is 0.604. The zero-order chi connectivity index (χ0) is 20.8. The van der Waals surface area contributed by atoms with Crippen LogP contribution < -0.4 is 10.1 Å². The van der Waals surface area contributed by atoms with E-state index in [1.54, 1.807) is 7.11 Å². The van der Waals surface area contributed by atoms with Crippen LogP contribution in [0.15, 0.2) is 60.7 Å². The second-order valence-electron chi connectivity index (χ2n) is 7.72. The molecule has 0 aliphatic carbocycles. The Morgan fingerprint density at radius 2 is 2.00 bits per heavy atom. The number of carbonyl (C=O) groups is 1. The summed E-state index contributed by atoms with van der Waals surface area (Å²) in [6.45, 7) is 3.53. The highest BCUT2D eigenvalue weighted by Crippen LogP contribution is 2.26. The number of aromatic nitrogens is 2. The average molecular weight is 405 g/mol. The second-order valence-corrected chi connectivity index (χ2v) is 7.72. The third-order valence-corrected chi connectivity index (χ3v) is 5.73. The normalized spacial score (nSPS) is 16.5. The first-order valence-electron chi connectivity index (χ1n) is 10.4. The molecule has 6 nitrogen and oxygen atoms in total. The summed E-state index contributed by atoms with van der Waals surface area (Å²) in [5, 5.41) is 10.3. The topological polar surface area (TPSA) is 70.2 Å². The minimum absolute atomic E-state index is 0.178. The van der Waals surface area contributed by atoms with Crippen LogP contribution in [0, 0.1) is 0 Å². The van der Waals surface area contributed by atoms with Crippen LogP contribution in [0.5, 0.6) is 5.75 Å². The molecule has 1 aromatic heterocycles. The number of rotatable bonds is 8. The van der Waals surface area contributed by atoms with Gasteiger partial charge in [-0.3, -0.25) is 9.89 Å². The van der Waals surface area contributed by atoms with Gasteiger partial charge in [0.2, 0.25) is 0 Å². The number of para-hydroxylation sites is 1. The van der Waals surface area contributed by atoms with E-state index in [-0.39, 0.29) is 5.91 Å². The van der Waals surface area contributed by atoms with Gasteiger partial charge in [0.25, 0.3) is 5.91 Å². The summed E-state index contributed by atoms with van der Waals surface area (Å²) in [6.07, 6.45) is 2.15. The molecule has 4 rings (SSSR count). The molecule has 1 aliphatic heterocycles. The van der Waals surface area contributed by atoms with Crippen molar-refractivity contribution in [3.8, 4) is 5.75 Å². The number of aromatic amines is 1. The van der Waals surface area contributed by atoms with Gasteiger partial charge in [-0.2, -0.15) is 5.10 Å². The van der Waals surface area contributed by atoms with Gasteiger partial charge in [0.1, 0.15) is 11.4 Å². The first-order chi connectivity index (χ1) is 14.7. The maximum absolute atomic E-state index is 12.5. The lowest BCUT2D eigenvalue weighted by molar-refractivity contribution is 0.0945. The van der Waals surface area contributed by atoms with Crippen LogP contribution in [-0.2, 0) is 13.0 Å². The summed E-state index contributed by atoms with van der Waals surface area (Å²) >= 11 is 0. The minimum Gasteiger partial charge on any atom is -0.496 e. The predicted octanol–water partition coefficient (Wildman–Crippen LogP) is 3.38. The van der Waals surface area contributed by atoms with Crippen molar-refractivity contribution in [2.75, 3.05) is 26.7 Å². The number of H-pyrrole nitrogens is 1. The van der Waals surface area contributed by atoms with E-state index >= 15 is 0 Å². The Labute approximate surface area is 177 Å². The Morgan fingerprint density at radius 1 is 1.20 bits per heavy atom. The summed E-state index contributed by atoms with van der Waals surface area (Å²) in [7, 11) is 1.63. The third-order valence-electron chi connectivity index (χ3n) is 5.73. The largest absolute Gasteiger partial charge is 0.496 e. The zero-order valence-electron chi connectivity index (χ0n) is 17.3. The molecular weight excluding hydrogens is 376 g/mol. The number of benzene rings is 2. The van der Waals surface area contributed by atoms with Gasteiger partial charge in [-0.25, -0.2) is 0 Å². The van der Waals surface area contributed by atoms with Gasteiger partial charge in [0, 0.05) is 36.8 Å². The maximum atomic E-state index is 12.5. The lowest BCUT2D eigenvalue weighted by Gasteiger charge is -2.15. The van der Waals surface area contributed by atoms with Crippen molar-refractivity contribution in [2.45, 2.75) is 25.3 Å². The Hall–Kier alpha value is -3.12. The SMILES string of the molecule is COc1ccccc1CNC(=O)c1cc(C2CCN(CCc3ccccc3)C2)[nH]n1. The number of methoxy groups -OCH3 is 1. The van der Waals surface area contributed by atoms with Crippen molar-refractivity contribution < 1.29 is 9.53 Å². The fourth-order valence-corrected chi connectivity index (χ4v) is 4.00. The molecule has 2 aromatic carbocycles. The van der Waals surface area contributed by atoms with Gasteiger partial charge in [0.15, 0.2) is 0 Å². The molecule has 30 heavy (non-hydrogen) atoms. The predicted molar refractivity (Wildman–Crippen MR) is 117 cm³/mol. The van der Waals surface area contributed by atoms with Crippen LogP contribution >= 0.6 is 0 Å². The fraction of sp³-hybridized carbons (Fsp3) is 0.333. The van der Waals surface area contributed by atoms with Crippen LogP contribution in [-0.4, -0.2) is 47.7 Å². The molecule has 0 radical (unpaired) electrons. The monoisotopic (exact) mass is 404 g/mol. The summed E-state index contributed by atoms with van der Waals surface area (Å²) in [6, 6.07) is 20.2. The second kappa shape index (κ2) is 9.59. The van der Waals surface area contributed by atoms with Crippen LogP contribution in [0.25, 0.3) is 0 Å². The van der Waals surface area contributed by atoms with Crippen molar-refractivity contribution in [3.63, 3.8) is 0 Å². The van der Waals surface area contributed by atoms with Crippen molar-refractivity contribution in [1.29, 1.82) is 0 Å². The Morgan fingerprint density at radius 3 is 2.83 bits per heavy atom. The van der Waals surface area contributed by atoms with E-state index in [1.807, 2.05) is 30.3 Å². The highest BCUT2D eigenvalue weighted by Gasteiger charge is 2.26. The molecule has 1 aliphatic rings. The Bertz CT molecular complexity index is 970. The summed E-state index contributed by atoms with van der Waals surface area (Å²) < 4.78 is 5.34. The van der Waals surface area contributed by atoms with Gasteiger partial charge >= 0.3 is 0 Å². The lowest BCUT2D eigenvalue weighted by Crippen LogP contribution is -2.23. The number of hydrogen-bond acceptors (Lipinski definition) is 4. The van der Waals surface area contributed by atoms with Crippen molar-refractivity contribution in [2.24, 2.45) is 0 Å². The molecule has 1 unspecified atom stereocenters. The van der Waals surface area contributed by atoms with Crippen molar-refractivity contribution >= 4 is 5.91 Å². The summed E-state index contributed by atoms with van der Waals surface area (Å²) in [4.78, 5) is 15.0. The van der Waals surface area contributed by atoms with Crippen molar-refractivity contribution in [1.82, 2.24) is 20.4 Å². The smallest absolute Gasteiger partial charge is 0.272 e. The number of nitrogens with zero attached hydrogens (tertiary/aromatic N) is 2. The number of nitrogens with one attached hydrogen (secondary N) is 2. The van der Waals surface area contributed by atoms with Gasteiger partial charge in [-0.1, -0.05) is 48.5 Å².